The molecule has 0 aliphatic heterocycles. The Morgan fingerprint density at radius 2 is 1.75 bits per heavy atom. The lowest BCUT2D eigenvalue weighted by atomic mass is 9.93. The molecule has 3 heteroatoms. The molecule has 0 radical (unpaired) electrons. The Bertz CT molecular complexity index is 146. The Morgan fingerprint density at radius 1 is 1.25 bits per heavy atom. The molecule has 0 nitrogen and oxygen atoms in total. The van der Waals surface area contributed by atoms with Crippen molar-refractivity contribution in [3.63, 3.8) is 0 Å². The van der Waals surface area contributed by atoms with Crippen LogP contribution in [0.15, 0.2) is 12.2 Å². The van der Waals surface area contributed by atoms with Gasteiger partial charge in [0.25, 0.3) is 0 Å². The van der Waals surface area contributed by atoms with Gasteiger partial charge in [-0.1, -0.05) is 33.3 Å². The third kappa shape index (κ3) is 5.22. The molecule has 0 saturated heterocycles. The Kier molecular flexibility index (Phi) is 4.35. The maximum Gasteiger partial charge on any atom is 0.409 e. The van der Waals surface area contributed by atoms with Crippen LogP contribution in [0.25, 0.3) is 0 Å². The minimum absolute atomic E-state index is 0.00313. The van der Waals surface area contributed by atoms with Crippen LogP contribution in [-0.4, -0.2) is 6.18 Å². The van der Waals surface area contributed by atoms with E-state index in [-0.39, 0.29) is 5.92 Å². The summed E-state index contributed by atoms with van der Waals surface area (Å²) in [5.41, 5.74) is 0. The normalized spacial score (nSPS) is 18.2. The summed E-state index contributed by atoms with van der Waals surface area (Å²) in [7, 11) is 0. The van der Waals surface area contributed by atoms with E-state index >= 15 is 0 Å². The molecule has 0 fully saturated rings. The van der Waals surface area contributed by atoms with Crippen molar-refractivity contribution in [2.45, 2.75) is 33.4 Å². The first-order chi connectivity index (χ1) is 5.37. The van der Waals surface area contributed by atoms with E-state index in [4.69, 9.17) is 0 Å². The SMILES string of the molecule is CCC(C)C(C)/C=C/C(F)(F)F. The first-order valence-electron chi connectivity index (χ1n) is 4.13. The minimum Gasteiger partial charge on any atom is -0.167 e. The third-order valence-corrected chi connectivity index (χ3v) is 2.13. The first kappa shape index (κ1) is 11.5. The highest BCUT2D eigenvalue weighted by Gasteiger charge is 2.22. The van der Waals surface area contributed by atoms with E-state index in [0.717, 1.165) is 6.42 Å². The fourth-order valence-electron chi connectivity index (χ4n) is 0.822. The molecule has 72 valence electrons. The largest absolute Gasteiger partial charge is 0.409 e. The molecule has 0 aliphatic rings. The van der Waals surface area contributed by atoms with Crippen LogP contribution < -0.4 is 0 Å². The summed E-state index contributed by atoms with van der Waals surface area (Å²) in [4.78, 5) is 0. The monoisotopic (exact) mass is 180 g/mol. The van der Waals surface area contributed by atoms with E-state index in [1.165, 1.54) is 6.08 Å². The number of alkyl halides is 3. The minimum atomic E-state index is -4.16. The van der Waals surface area contributed by atoms with Gasteiger partial charge in [0.15, 0.2) is 0 Å². The first-order valence-corrected chi connectivity index (χ1v) is 4.13. The second-order valence-corrected chi connectivity index (χ2v) is 3.15. The second-order valence-electron chi connectivity index (χ2n) is 3.15. The number of rotatable bonds is 3. The molecule has 0 heterocycles. The van der Waals surface area contributed by atoms with Crippen molar-refractivity contribution >= 4 is 0 Å². The molecule has 2 atom stereocenters. The summed E-state index contributed by atoms with van der Waals surface area (Å²) in [6, 6.07) is 0. The van der Waals surface area contributed by atoms with Gasteiger partial charge >= 0.3 is 6.18 Å². The maximum absolute atomic E-state index is 11.7. The fraction of sp³-hybridized carbons (Fsp3) is 0.778. The van der Waals surface area contributed by atoms with Crippen LogP contribution >= 0.6 is 0 Å². The molecule has 0 amide bonds. The van der Waals surface area contributed by atoms with Crippen LogP contribution in [0, 0.1) is 11.8 Å². The molecule has 0 rings (SSSR count). The lowest BCUT2D eigenvalue weighted by Crippen LogP contribution is -2.07. The average molecular weight is 180 g/mol. The van der Waals surface area contributed by atoms with E-state index in [9.17, 15) is 13.2 Å². The van der Waals surface area contributed by atoms with Crippen LogP contribution in [0.2, 0.25) is 0 Å². The maximum atomic E-state index is 11.7. The Morgan fingerprint density at radius 3 is 2.08 bits per heavy atom. The molecule has 0 aromatic carbocycles. The highest BCUT2D eigenvalue weighted by molar-refractivity contribution is 4.93. The van der Waals surface area contributed by atoms with Gasteiger partial charge in [-0.15, -0.1) is 0 Å². The van der Waals surface area contributed by atoms with E-state index in [2.05, 4.69) is 0 Å². The zero-order valence-electron chi connectivity index (χ0n) is 7.65. The molecule has 0 aromatic heterocycles. The summed E-state index contributed by atoms with van der Waals surface area (Å²) >= 11 is 0. The average Bonchev–Trinajstić information content (AvgIpc) is 1.97. The van der Waals surface area contributed by atoms with E-state index in [1.54, 1.807) is 6.92 Å². The molecular weight excluding hydrogens is 165 g/mol. The zero-order valence-corrected chi connectivity index (χ0v) is 7.65. The fourth-order valence-corrected chi connectivity index (χ4v) is 0.822. The van der Waals surface area contributed by atoms with Gasteiger partial charge in [-0.3, -0.25) is 0 Å². The molecule has 12 heavy (non-hydrogen) atoms. The van der Waals surface area contributed by atoms with Gasteiger partial charge in [-0.2, -0.15) is 13.2 Å². The van der Waals surface area contributed by atoms with Crippen molar-refractivity contribution in [3.8, 4) is 0 Å². The van der Waals surface area contributed by atoms with Gasteiger partial charge in [0, 0.05) is 6.08 Å². The van der Waals surface area contributed by atoms with Gasteiger partial charge in [0.05, 0.1) is 0 Å². The van der Waals surface area contributed by atoms with Crippen molar-refractivity contribution in [1.29, 1.82) is 0 Å². The van der Waals surface area contributed by atoms with Gasteiger partial charge < -0.3 is 0 Å². The third-order valence-electron chi connectivity index (χ3n) is 2.13. The lowest BCUT2D eigenvalue weighted by Gasteiger charge is -2.13. The van der Waals surface area contributed by atoms with Crippen molar-refractivity contribution in [1.82, 2.24) is 0 Å². The summed E-state index contributed by atoms with van der Waals surface area (Å²) in [6.07, 6.45) is -1.71. The molecule has 0 spiro atoms. The van der Waals surface area contributed by atoms with E-state index in [0.29, 0.717) is 12.0 Å². The van der Waals surface area contributed by atoms with Crippen molar-refractivity contribution in [2.24, 2.45) is 11.8 Å². The van der Waals surface area contributed by atoms with Crippen molar-refractivity contribution in [2.75, 3.05) is 0 Å². The topological polar surface area (TPSA) is 0 Å². The summed E-state index contributed by atoms with van der Waals surface area (Å²) in [5.74, 6) is 0.306. The smallest absolute Gasteiger partial charge is 0.167 e. The molecule has 0 aromatic rings. The number of halogens is 3. The lowest BCUT2D eigenvalue weighted by molar-refractivity contribution is -0.0803. The molecular formula is C9H15F3. The second kappa shape index (κ2) is 4.53. The predicted octanol–water partition coefficient (Wildman–Crippen LogP) is 3.79. The van der Waals surface area contributed by atoms with Crippen LogP contribution in [0.4, 0.5) is 13.2 Å². The summed E-state index contributed by atoms with van der Waals surface area (Å²) in [6.45, 7) is 5.73. The van der Waals surface area contributed by atoms with Crippen LogP contribution in [0.3, 0.4) is 0 Å². The van der Waals surface area contributed by atoms with Crippen molar-refractivity contribution < 1.29 is 13.2 Å². The predicted molar refractivity (Wildman–Crippen MR) is 43.8 cm³/mol. The zero-order chi connectivity index (χ0) is 9.78. The molecule has 2 unspecified atom stereocenters. The Hall–Kier alpha value is -0.470. The van der Waals surface area contributed by atoms with Crippen molar-refractivity contribution in [3.05, 3.63) is 12.2 Å². The summed E-state index contributed by atoms with van der Waals surface area (Å²) in [5, 5.41) is 0. The highest BCUT2D eigenvalue weighted by atomic mass is 19.4. The Balaban J connectivity index is 3.99. The van der Waals surface area contributed by atoms with E-state index in [1.807, 2.05) is 13.8 Å². The summed E-state index contributed by atoms with van der Waals surface area (Å²) < 4.78 is 35.1. The molecule has 0 saturated carbocycles. The van der Waals surface area contributed by atoms with E-state index < -0.39 is 6.18 Å². The van der Waals surface area contributed by atoms with Gasteiger partial charge in [-0.25, -0.2) is 0 Å². The van der Waals surface area contributed by atoms with Gasteiger partial charge in [0.2, 0.25) is 0 Å². The van der Waals surface area contributed by atoms with Gasteiger partial charge in [0.1, 0.15) is 0 Å². The quantitative estimate of drug-likeness (QED) is 0.580. The standard InChI is InChI=1S/C9H15F3/c1-4-7(2)8(3)5-6-9(10,11)12/h5-8H,4H2,1-3H3/b6-5+. The van der Waals surface area contributed by atoms with Crippen LogP contribution in [0.5, 0.6) is 0 Å². The molecule has 0 aliphatic carbocycles. The number of hydrogen-bond acceptors (Lipinski definition) is 0. The van der Waals surface area contributed by atoms with Crippen LogP contribution in [0.1, 0.15) is 27.2 Å². The Labute approximate surface area is 71.5 Å². The molecule has 0 N–H and O–H groups in total. The molecule has 0 bridgehead atoms. The highest BCUT2D eigenvalue weighted by Crippen LogP contribution is 2.21. The van der Waals surface area contributed by atoms with Crippen LogP contribution in [-0.2, 0) is 0 Å². The number of allylic oxidation sites excluding steroid dienone is 2. The number of hydrogen-bond donors (Lipinski definition) is 0. The van der Waals surface area contributed by atoms with Gasteiger partial charge in [-0.05, 0) is 11.8 Å².